The molecule has 0 aromatic rings. The van der Waals surface area contributed by atoms with E-state index in [4.69, 9.17) is 0 Å². The van der Waals surface area contributed by atoms with Crippen molar-refractivity contribution in [1.82, 2.24) is 0 Å². The number of hydrogen-bond acceptors (Lipinski definition) is 1. The van der Waals surface area contributed by atoms with E-state index < -0.39 is 0 Å². The molecule has 1 heteroatoms. The van der Waals surface area contributed by atoms with Gasteiger partial charge in [-0.05, 0) is 31.1 Å². The van der Waals surface area contributed by atoms with E-state index in [-0.39, 0.29) is 10.8 Å². The van der Waals surface area contributed by atoms with Gasteiger partial charge in [-0.15, -0.1) is 0 Å². The first-order chi connectivity index (χ1) is 6.04. The summed E-state index contributed by atoms with van der Waals surface area (Å²) in [5.74, 6) is 1.11. The van der Waals surface area contributed by atoms with Crippen molar-refractivity contribution >= 4 is 5.78 Å². The fourth-order valence-corrected chi connectivity index (χ4v) is 3.39. The zero-order chi connectivity index (χ0) is 9.69. The summed E-state index contributed by atoms with van der Waals surface area (Å²) >= 11 is 0. The Hall–Kier alpha value is -0.590. The van der Waals surface area contributed by atoms with Crippen LogP contribution < -0.4 is 0 Å². The second-order valence-electron chi connectivity index (χ2n) is 5.06. The number of Topliss-reactive ketones (excluding diaryl/α,β-unsaturated/α-hetero) is 1. The van der Waals surface area contributed by atoms with Crippen LogP contribution in [0.4, 0.5) is 0 Å². The standard InChI is InChI=1S/C12H18O/c1-4-6-12-7-5-9(8-10(12)13)11(12,2)3/h4,6,9H,5,7-8H2,1-3H3. The van der Waals surface area contributed by atoms with Gasteiger partial charge in [0.05, 0.1) is 5.41 Å². The van der Waals surface area contributed by atoms with E-state index >= 15 is 0 Å². The molecule has 2 bridgehead atoms. The van der Waals surface area contributed by atoms with Gasteiger partial charge < -0.3 is 0 Å². The third-order valence-electron chi connectivity index (χ3n) is 4.44. The topological polar surface area (TPSA) is 17.1 Å². The monoisotopic (exact) mass is 178 g/mol. The summed E-state index contributed by atoms with van der Waals surface area (Å²) in [4.78, 5) is 11.9. The zero-order valence-electron chi connectivity index (χ0n) is 8.76. The molecule has 2 aliphatic rings. The smallest absolute Gasteiger partial charge is 0.143 e. The molecule has 2 atom stereocenters. The highest BCUT2D eigenvalue weighted by Crippen LogP contribution is 2.64. The zero-order valence-corrected chi connectivity index (χ0v) is 8.76. The molecule has 0 heterocycles. The van der Waals surface area contributed by atoms with Crippen LogP contribution in [0.15, 0.2) is 12.2 Å². The average Bonchev–Trinajstić information content (AvgIpc) is 2.38. The van der Waals surface area contributed by atoms with Gasteiger partial charge >= 0.3 is 0 Å². The van der Waals surface area contributed by atoms with Gasteiger partial charge in [-0.2, -0.15) is 0 Å². The van der Waals surface area contributed by atoms with Crippen molar-refractivity contribution in [2.45, 2.75) is 40.0 Å². The first-order valence-corrected chi connectivity index (χ1v) is 5.22. The number of ketones is 1. The van der Waals surface area contributed by atoms with Gasteiger partial charge in [0, 0.05) is 6.42 Å². The van der Waals surface area contributed by atoms with E-state index in [1.54, 1.807) is 0 Å². The van der Waals surface area contributed by atoms with E-state index in [1.165, 1.54) is 6.42 Å². The molecule has 2 aliphatic carbocycles. The molecule has 1 nitrogen and oxygen atoms in total. The second kappa shape index (κ2) is 2.46. The van der Waals surface area contributed by atoms with Crippen molar-refractivity contribution < 1.29 is 4.79 Å². The van der Waals surface area contributed by atoms with E-state index in [2.05, 4.69) is 19.9 Å². The minimum Gasteiger partial charge on any atom is -0.299 e. The first-order valence-electron chi connectivity index (χ1n) is 5.22. The Morgan fingerprint density at radius 3 is 2.54 bits per heavy atom. The van der Waals surface area contributed by atoms with Crippen LogP contribution in [0.3, 0.4) is 0 Å². The molecule has 0 aromatic heterocycles. The molecular formula is C12H18O. The van der Waals surface area contributed by atoms with Crippen LogP contribution >= 0.6 is 0 Å². The van der Waals surface area contributed by atoms with Crippen LogP contribution in [0, 0.1) is 16.7 Å². The van der Waals surface area contributed by atoms with E-state index in [1.807, 2.05) is 13.0 Å². The summed E-state index contributed by atoms with van der Waals surface area (Å²) in [6.07, 6.45) is 7.34. The molecule has 0 spiro atoms. The highest BCUT2D eigenvalue weighted by molar-refractivity contribution is 5.91. The molecule has 72 valence electrons. The van der Waals surface area contributed by atoms with Crippen molar-refractivity contribution in [2.75, 3.05) is 0 Å². The van der Waals surface area contributed by atoms with Crippen molar-refractivity contribution in [3.05, 3.63) is 12.2 Å². The quantitative estimate of drug-likeness (QED) is 0.564. The minimum atomic E-state index is -0.105. The van der Waals surface area contributed by atoms with Crippen LogP contribution in [-0.4, -0.2) is 5.78 Å². The average molecular weight is 178 g/mol. The Labute approximate surface area is 80.2 Å². The summed E-state index contributed by atoms with van der Waals surface area (Å²) in [7, 11) is 0. The molecule has 0 amide bonds. The van der Waals surface area contributed by atoms with Gasteiger partial charge in [0.25, 0.3) is 0 Å². The maximum Gasteiger partial charge on any atom is 0.143 e. The van der Waals surface area contributed by atoms with Gasteiger partial charge in [-0.1, -0.05) is 26.0 Å². The molecule has 2 rings (SSSR count). The summed E-state index contributed by atoms with van der Waals surface area (Å²) in [5.41, 5.74) is 0.100. The lowest BCUT2D eigenvalue weighted by Gasteiger charge is -2.33. The van der Waals surface area contributed by atoms with E-state index in [0.717, 1.165) is 12.8 Å². The largest absolute Gasteiger partial charge is 0.299 e. The van der Waals surface area contributed by atoms with Crippen molar-refractivity contribution in [1.29, 1.82) is 0 Å². The van der Waals surface area contributed by atoms with E-state index in [0.29, 0.717) is 11.7 Å². The molecule has 13 heavy (non-hydrogen) atoms. The Balaban J connectivity index is 2.49. The number of carbonyl (C=O) groups is 1. The third kappa shape index (κ3) is 0.853. The van der Waals surface area contributed by atoms with Crippen LogP contribution in [-0.2, 0) is 4.79 Å². The lowest BCUT2D eigenvalue weighted by molar-refractivity contribution is -0.126. The van der Waals surface area contributed by atoms with Gasteiger partial charge in [0.2, 0.25) is 0 Å². The number of rotatable bonds is 1. The Morgan fingerprint density at radius 2 is 2.15 bits per heavy atom. The molecule has 0 aliphatic heterocycles. The van der Waals surface area contributed by atoms with Crippen LogP contribution in [0.5, 0.6) is 0 Å². The summed E-state index contributed by atoms with van der Waals surface area (Å²) < 4.78 is 0. The Morgan fingerprint density at radius 1 is 1.46 bits per heavy atom. The molecule has 2 saturated carbocycles. The normalized spacial score (nSPS) is 42.1. The van der Waals surface area contributed by atoms with Crippen molar-refractivity contribution in [3.8, 4) is 0 Å². The fourth-order valence-electron chi connectivity index (χ4n) is 3.39. The molecule has 0 N–H and O–H groups in total. The van der Waals surface area contributed by atoms with Crippen LogP contribution in [0.1, 0.15) is 40.0 Å². The number of fused-ring (bicyclic) bond motifs is 2. The van der Waals surface area contributed by atoms with Crippen LogP contribution in [0.2, 0.25) is 0 Å². The number of hydrogen-bond donors (Lipinski definition) is 0. The maximum absolute atomic E-state index is 11.9. The number of allylic oxidation sites excluding steroid dienone is 2. The molecule has 0 saturated heterocycles. The second-order valence-corrected chi connectivity index (χ2v) is 5.06. The predicted octanol–water partition coefficient (Wildman–Crippen LogP) is 2.96. The third-order valence-corrected chi connectivity index (χ3v) is 4.44. The van der Waals surface area contributed by atoms with Gasteiger partial charge in [-0.3, -0.25) is 4.79 Å². The van der Waals surface area contributed by atoms with Gasteiger partial charge in [0.1, 0.15) is 5.78 Å². The predicted molar refractivity (Wildman–Crippen MR) is 53.4 cm³/mol. The summed E-state index contributed by atoms with van der Waals surface area (Å²) in [6.45, 7) is 6.54. The molecule has 0 radical (unpaired) electrons. The SMILES string of the molecule is CC=CC12CCC(CC1=O)C2(C)C. The number of carbonyl (C=O) groups excluding carboxylic acids is 1. The molecular weight excluding hydrogens is 160 g/mol. The molecule has 2 fully saturated rings. The van der Waals surface area contributed by atoms with Gasteiger partial charge in [-0.25, -0.2) is 0 Å². The lowest BCUT2D eigenvalue weighted by Crippen LogP contribution is -2.33. The van der Waals surface area contributed by atoms with Crippen LogP contribution in [0.25, 0.3) is 0 Å². The van der Waals surface area contributed by atoms with Crippen molar-refractivity contribution in [3.63, 3.8) is 0 Å². The minimum absolute atomic E-state index is 0.105. The maximum atomic E-state index is 11.9. The molecule has 0 aromatic carbocycles. The van der Waals surface area contributed by atoms with Crippen molar-refractivity contribution in [2.24, 2.45) is 16.7 Å². The first kappa shape index (κ1) is 8.98. The van der Waals surface area contributed by atoms with E-state index in [9.17, 15) is 4.79 Å². The summed E-state index contributed by atoms with van der Waals surface area (Å²) in [5, 5.41) is 0. The highest BCUT2D eigenvalue weighted by Gasteiger charge is 2.62. The fraction of sp³-hybridized carbons (Fsp3) is 0.750. The Bertz CT molecular complexity index is 275. The molecule has 2 unspecified atom stereocenters. The summed E-state index contributed by atoms with van der Waals surface area (Å²) in [6, 6.07) is 0. The lowest BCUT2D eigenvalue weighted by atomic mass is 9.69. The van der Waals surface area contributed by atoms with Gasteiger partial charge in [0.15, 0.2) is 0 Å². The highest BCUT2D eigenvalue weighted by atomic mass is 16.1. The Kier molecular flexibility index (Phi) is 1.70.